The number of likely N-dealkylation sites (N-methyl/N-ethyl adjacent to an activating group) is 1. The molecule has 2 unspecified atom stereocenters. The summed E-state index contributed by atoms with van der Waals surface area (Å²) in [6.45, 7) is 9.12. The van der Waals surface area contributed by atoms with Gasteiger partial charge >= 0.3 is 7.32 Å². The van der Waals surface area contributed by atoms with Crippen molar-refractivity contribution in [3.05, 3.63) is 164 Å². The van der Waals surface area contributed by atoms with Gasteiger partial charge in [-0.25, -0.2) is 0 Å². The lowest BCUT2D eigenvalue weighted by Gasteiger charge is -2.43. The summed E-state index contributed by atoms with van der Waals surface area (Å²) in [6.07, 6.45) is 19.9. The van der Waals surface area contributed by atoms with Gasteiger partial charge in [-0.2, -0.15) is 35.9 Å². The molecule has 0 spiro atoms. The fourth-order valence-corrected chi connectivity index (χ4v) is 8.53. The van der Waals surface area contributed by atoms with Crippen LogP contribution < -0.4 is 9.31 Å². The van der Waals surface area contributed by atoms with Crippen molar-refractivity contribution in [3.63, 3.8) is 0 Å². The molecule has 0 saturated carbocycles. The van der Waals surface area contributed by atoms with Crippen molar-refractivity contribution in [3.8, 4) is 11.5 Å². The molecule has 0 heterocycles. The monoisotopic (exact) mass is 911 g/mol. The summed E-state index contributed by atoms with van der Waals surface area (Å²) >= 11 is 18.8. The minimum absolute atomic E-state index is 0.175. The number of benzene rings is 5. The lowest BCUT2D eigenvalue weighted by molar-refractivity contribution is -0.931. The Morgan fingerprint density at radius 3 is 1.49 bits per heavy atom. The van der Waals surface area contributed by atoms with Gasteiger partial charge in [-0.1, -0.05) is 192 Å². The molecule has 0 bridgehead atoms. The molecule has 0 saturated heterocycles. The van der Waals surface area contributed by atoms with Crippen molar-refractivity contribution >= 4 is 42.1 Å². The summed E-state index contributed by atoms with van der Waals surface area (Å²) in [6, 6.07) is 41.6. The van der Waals surface area contributed by atoms with Crippen molar-refractivity contribution in [2.24, 2.45) is 0 Å². The maximum atomic E-state index is 7.12. The number of halogens is 3. The normalized spacial score (nSPS) is 12.3. The molecule has 8 heteroatoms. The Kier molecular flexibility index (Phi) is 24.2. The lowest BCUT2D eigenvalue weighted by Crippen LogP contribution is -2.56. The van der Waals surface area contributed by atoms with Crippen LogP contribution in [0.1, 0.15) is 131 Å². The highest BCUT2D eigenvalue weighted by Gasteiger charge is 2.41. The molecule has 340 valence electrons. The molecule has 0 amide bonds. The maximum absolute atomic E-state index is 7.12. The SMILES string of the molecule is CCCCCCCCCCCCCCCC(C(CCc1ccccc1)OB(Oc1ccc(C)c(Cl)c1)Oc1ccc(C)c(Cl)c1)[N+](C)(C)Cc1ccccc1.Cc1cc[c-]cc1Cl. The third-order valence-electron chi connectivity index (χ3n) is 12.0. The first-order valence-corrected chi connectivity index (χ1v) is 24.6. The third-order valence-corrected chi connectivity index (χ3v) is 13.2. The van der Waals surface area contributed by atoms with Crippen LogP contribution in [0.3, 0.4) is 0 Å². The second-order valence-electron chi connectivity index (χ2n) is 17.7. The van der Waals surface area contributed by atoms with E-state index in [1.807, 2.05) is 69.3 Å². The first kappa shape index (κ1) is 52.2. The van der Waals surface area contributed by atoms with E-state index in [-0.39, 0.29) is 12.1 Å². The van der Waals surface area contributed by atoms with E-state index in [4.69, 9.17) is 48.8 Å². The Balaban J connectivity index is 0.000000976. The first-order valence-electron chi connectivity index (χ1n) is 23.5. The van der Waals surface area contributed by atoms with Gasteiger partial charge in [0.1, 0.15) is 24.1 Å². The summed E-state index contributed by atoms with van der Waals surface area (Å²) in [5, 5.41) is 2.06. The van der Waals surface area contributed by atoms with Crippen LogP contribution in [0.15, 0.2) is 115 Å². The summed E-state index contributed by atoms with van der Waals surface area (Å²) in [5.41, 5.74) is 5.67. The van der Waals surface area contributed by atoms with Gasteiger partial charge in [-0.3, -0.25) is 0 Å². The minimum atomic E-state index is -1.02. The molecule has 5 aromatic rings. The molecular weight excluding hydrogens is 840 g/mol. The van der Waals surface area contributed by atoms with Gasteiger partial charge in [0.2, 0.25) is 0 Å². The zero-order chi connectivity index (χ0) is 45.3. The predicted molar refractivity (Wildman–Crippen MR) is 270 cm³/mol. The second kappa shape index (κ2) is 29.2. The van der Waals surface area contributed by atoms with Crippen LogP contribution in [0, 0.1) is 26.8 Å². The molecule has 0 aromatic heterocycles. The van der Waals surface area contributed by atoms with Crippen LogP contribution in [0.2, 0.25) is 15.1 Å². The molecule has 0 aliphatic heterocycles. The largest absolute Gasteiger partial charge is 0.788 e. The Morgan fingerprint density at radius 2 is 1.03 bits per heavy atom. The molecule has 2 atom stereocenters. The van der Waals surface area contributed by atoms with Gasteiger partial charge in [-0.15, -0.1) is 5.56 Å². The fourth-order valence-electron chi connectivity index (χ4n) is 8.06. The zero-order valence-electron chi connectivity index (χ0n) is 39.0. The van der Waals surface area contributed by atoms with E-state index >= 15 is 0 Å². The van der Waals surface area contributed by atoms with Gasteiger partial charge in [-0.05, 0) is 74.1 Å². The van der Waals surface area contributed by atoms with Gasteiger partial charge in [0, 0.05) is 22.0 Å². The summed E-state index contributed by atoms with van der Waals surface area (Å²) in [4.78, 5) is 0. The maximum Gasteiger partial charge on any atom is 0.788 e. The molecule has 63 heavy (non-hydrogen) atoms. The Bertz CT molecular complexity index is 1920. The number of nitrogens with zero attached hydrogens (tertiary/aromatic N) is 1. The van der Waals surface area contributed by atoms with Gasteiger partial charge in [0.25, 0.3) is 0 Å². The van der Waals surface area contributed by atoms with Crippen LogP contribution in [-0.2, 0) is 17.6 Å². The second-order valence-corrected chi connectivity index (χ2v) is 19.0. The number of hydrogen-bond acceptors (Lipinski definition) is 3. The Morgan fingerprint density at radius 1 is 0.556 bits per heavy atom. The van der Waals surface area contributed by atoms with Crippen LogP contribution >= 0.6 is 34.8 Å². The van der Waals surface area contributed by atoms with Gasteiger partial charge < -0.3 is 18.4 Å². The van der Waals surface area contributed by atoms with Crippen LogP contribution in [0.25, 0.3) is 0 Å². The van der Waals surface area contributed by atoms with E-state index in [1.165, 1.54) is 88.2 Å². The highest BCUT2D eigenvalue weighted by molar-refractivity contribution is 6.39. The van der Waals surface area contributed by atoms with E-state index in [0.29, 0.717) is 21.5 Å². The third kappa shape index (κ3) is 20.1. The summed E-state index contributed by atoms with van der Waals surface area (Å²) in [5.74, 6) is 1.18. The lowest BCUT2D eigenvalue weighted by atomic mass is 9.92. The highest BCUT2D eigenvalue weighted by atomic mass is 35.5. The number of hydrogen-bond donors (Lipinski definition) is 0. The number of rotatable bonds is 27. The predicted octanol–water partition coefficient (Wildman–Crippen LogP) is 16.6. The molecule has 0 N–H and O–H groups in total. The molecule has 0 fully saturated rings. The standard InChI is InChI=1S/C48H67BCl2NO3.C7H6Cl/c1-6-7-8-9-10-11-12-13-14-15-16-17-24-29-47(52(4,5)38-42-27-22-19-23-28-42)48(35-32-41-25-20-18-21-26-41)55-49(53-43-33-30-39(2)45(50)36-43)54-44-34-31-40(3)46(51)37-44;1-6-4-2-3-5-7(6)8/h18-23,25-28,30-31,33-34,36-37,47-48H,6-17,24,29,32,35,38H2,1-5H3;2,4-5H,1H3/q+1;-1. The quantitative estimate of drug-likeness (QED) is 0.0227. The Hall–Kier alpha value is -3.45. The van der Waals surface area contributed by atoms with Crippen molar-refractivity contribution in [1.82, 2.24) is 0 Å². The van der Waals surface area contributed by atoms with E-state index in [1.54, 1.807) is 6.07 Å². The minimum Gasteiger partial charge on any atom is -0.501 e. The van der Waals surface area contributed by atoms with Crippen molar-refractivity contribution in [1.29, 1.82) is 0 Å². The fraction of sp³-hybridized carbons (Fsp3) is 0.455. The van der Waals surface area contributed by atoms with E-state index in [2.05, 4.69) is 87.7 Å². The Labute approximate surface area is 397 Å². The van der Waals surface area contributed by atoms with Crippen molar-refractivity contribution in [2.75, 3.05) is 14.1 Å². The van der Waals surface area contributed by atoms with Crippen molar-refractivity contribution < 1.29 is 18.4 Å². The van der Waals surface area contributed by atoms with E-state index in [9.17, 15) is 0 Å². The van der Waals surface area contributed by atoms with Crippen molar-refractivity contribution in [2.45, 2.75) is 149 Å². The summed E-state index contributed by atoms with van der Waals surface area (Å²) < 4.78 is 21.0. The topological polar surface area (TPSA) is 27.7 Å². The zero-order valence-corrected chi connectivity index (χ0v) is 41.3. The smallest absolute Gasteiger partial charge is 0.501 e. The first-order chi connectivity index (χ1) is 30.4. The number of aryl methyl sites for hydroxylation is 4. The van der Waals surface area contributed by atoms with Gasteiger partial charge in [0.15, 0.2) is 0 Å². The van der Waals surface area contributed by atoms with Gasteiger partial charge in [0.05, 0.1) is 20.2 Å². The molecule has 0 radical (unpaired) electrons. The molecule has 0 aliphatic carbocycles. The summed E-state index contributed by atoms with van der Waals surface area (Å²) in [7, 11) is 3.69. The molecule has 4 nitrogen and oxygen atoms in total. The van der Waals surface area contributed by atoms with Crippen LogP contribution in [-0.4, -0.2) is 38.0 Å². The number of quaternary nitrogens is 1. The average molecular weight is 913 g/mol. The molecule has 5 aromatic carbocycles. The molecule has 0 aliphatic rings. The van der Waals surface area contributed by atoms with Crippen LogP contribution in [0.4, 0.5) is 0 Å². The molecular formula is C55H73BCl3NO3. The van der Waals surface area contributed by atoms with Crippen LogP contribution in [0.5, 0.6) is 11.5 Å². The van der Waals surface area contributed by atoms with E-state index < -0.39 is 7.32 Å². The van der Waals surface area contributed by atoms with E-state index in [0.717, 1.165) is 58.4 Å². The highest BCUT2D eigenvalue weighted by Crippen LogP contribution is 2.30. The number of unbranched alkanes of at least 4 members (excludes halogenated alkanes) is 12. The molecule has 5 rings (SSSR count). The average Bonchev–Trinajstić information content (AvgIpc) is 3.27.